The summed E-state index contributed by atoms with van der Waals surface area (Å²) in [4.78, 5) is 57.8. The number of allylic oxidation sites excluding steroid dienone is 5. The Bertz CT molecular complexity index is 1600. The maximum Gasteiger partial charge on any atom is 0.329 e. The van der Waals surface area contributed by atoms with Crippen LogP contribution in [0.3, 0.4) is 0 Å². The van der Waals surface area contributed by atoms with E-state index in [1.165, 1.54) is 14.2 Å². The fourth-order valence-corrected chi connectivity index (χ4v) is 9.49. The number of hydrogen-bond donors (Lipinski definition) is 3. The lowest BCUT2D eigenvalue weighted by Crippen LogP contribution is -2.64. The Hall–Kier alpha value is -3.01. The smallest absolute Gasteiger partial charge is 0.329 e. The van der Waals surface area contributed by atoms with Gasteiger partial charge in [-0.05, 0) is 115 Å². The third kappa shape index (κ3) is 11.5. The molecule has 3 heterocycles. The first kappa shape index (κ1) is 49.6. The van der Waals surface area contributed by atoms with Crippen LogP contribution in [0.5, 0.6) is 0 Å². The number of piperidine rings is 1. The van der Waals surface area contributed by atoms with Crippen molar-refractivity contribution >= 4 is 23.4 Å². The molecule has 0 radical (unpaired) electrons. The summed E-state index contributed by atoms with van der Waals surface area (Å²) in [7, 11) is 2.87. The minimum Gasteiger partial charge on any atom is -0.493 e. The first-order valence-electron chi connectivity index (χ1n) is 22.0. The molecule has 60 heavy (non-hydrogen) atoms. The van der Waals surface area contributed by atoms with Crippen molar-refractivity contribution in [3.63, 3.8) is 0 Å². The zero-order valence-electron chi connectivity index (χ0n) is 37.4. The predicted molar refractivity (Wildman–Crippen MR) is 222 cm³/mol. The number of cyclic esters (lactones) is 1. The van der Waals surface area contributed by atoms with E-state index in [1.807, 2.05) is 32.9 Å². The maximum absolute atomic E-state index is 16.2. The number of alkyl halides is 1. The van der Waals surface area contributed by atoms with Crippen LogP contribution < -0.4 is 0 Å². The molecule has 1 aliphatic carbocycles. The first-order chi connectivity index (χ1) is 28.3. The van der Waals surface area contributed by atoms with Gasteiger partial charge in [0.05, 0.1) is 30.2 Å². The van der Waals surface area contributed by atoms with Crippen molar-refractivity contribution in [1.82, 2.24) is 4.90 Å². The normalized spacial score (nSPS) is 41.1. The van der Waals surface area contributed by atoms with Crippen LogP contribution in [0.2, 0.25) is 0 Å². The zero-order chi connectivity index (χ0) is 44.6. The number of aliphatic hydroxyl groups excluding tert-OH is 2. The number of carbonyl (C=O) groups excluding carboxylic acids is 4. The molecule has 3 fully saturated rings. The molecule has 2 bridgehead atoms. The number of fused-ring (bicyclic) bond motifs is 3. The Morgan fingerprint density at radius 3 is 2.25 bits per heavy atom. The molecule has 0 aromatic rings. The monoisotopic (exact) mass is 850 g/mol. The number of nitrogens with zero attached hydrogens (tertiary/aromatic N) is 1. The molecule has 0 aromatic heterocycles. The fraction of sp³-hybridized carbons (Fsp3) is 0.783. The van der Waals surface area contributed by atoms with E-state index in [4.69, 9.17) is 23.7 Å². The van der Waals surface area contributed by atoms with Crippen molar-refractivity contribution in [2.45, 2.75) is 180 Å². The highest BCUT2D eigenvalue weighted by Crippen LogP contribution is 2.39. The van der Waals surface area contributed by atoms with E-state index >= 15 is 4.39 Å². The average Bonchev–Trinajstić information content (AvgIpc) is 3.23. The number of aliphatic hydroxyl groups is 3. The number of esters is 1. The average molecular weight is 850 g/mol. The van der Waals surface area contributed by atoms with E-state index in [0.29, 0.717) is 49.7 Å². The Morgan fingerprint density at radius 1 is 0.967 bits per heavy atom. The number of ether oxygens (including phenoxy) is 5. The topological polar surface area (TPSA) is 178 Å². The molecule has 13 nitrogen and oxygen atoms in total. The minimum atomic E-state index is -2.61. The van der Waals surface area contributed by atoms with E-state index in [2.05, 4.69) is 0 Å². The number of halogens is 1. The van der Waals surface area contributed by atoms with Crippen LogP contribution in [0, 0.1) is 29.6 Å². The van der Waals surface area contributed by atoms with Crippen molar-refractivity contribution in [2.24, 2.45) is 29.6 Å². The predicted octanol–water partition coefficient (Wildman–Crippen LogP) is 5.71. The standard InChI is InChI=1S/C46H72FNO12/c1-11-29(7)58-37-17-16-31(23-36(37)51)19-27(5)41-30(8)34(49)24-35(50)32(12-2)20-25(3)40(47)26(4)21-38(56-9)42-39(57-10)22-28(6)46(55,60-42)43(52)44(53)48-18-14-13-15-33(48)45(54)59-41/h11,19-20,26,28,30-34,36-42,49,51,55H,12-18,21-24H2,1-10H3/b25-20+,27-19?,29-11?. The Labute approximate surface area is 356 Å². The van der Waals surface area contributed by atoms with Gasteiger partial charge in [0.15, 0.2) is 0 Å². The number of rotatable bonds is 7. The Morgan fingerprint density at radius 2 is 1.63 bits per heavy atom. The van der Waals surface area contributed by atoms with Crippen molar-refractivity contribution in [3.05, 3.63) is 35.1 Å². The summed E-state index contributed by atoms with van der Waals surface area (Å²) in [6, 6.07) is -1.19. The molecule has 1 amide bonds. The van der Waals surface area contributed by atoms with E-state index in [1.54, 1.807) is 40.7 Å². The van der Waals surface area contributed by atoms with Gasteiger partial charge in [-0.1, -0.05) is 39.8 Å². The molecule has 3 N–H and O–H groups in total. The van der Waals surface area contributed by atoms with Gasteiger partial charge in [-0.2, -0.15) is 0 Å². The molecular formula is C46H72FNO12. The molecule has 340 valence electrons. The van der Waals surface area contributed by atoms with Gasteiger partial charge in [0.1, 0.15) is 36.3 Å². The quantitative estimate of drug-likeness (QED) is 0.123. The van der Waals surface area contributed by atoms with Crippen molar-refractivity contribution in [1.29, 1.82) is 0 Å². The summed E-state index contributed by atoms with van der Waals surface area (Å²) in [5.41, 5.74) is 0.920. The number of ketones is 2. The van der Waals surface area contributed by atoms with Gasteiger partial charge >= 0.3 is 5.97 Å². The molecular weight excluding hydrogens is 777 g/mol. The lowest BCUT2D eigenvalue weighted by Gasteiger charge is -2.47. The number of amides is 1. The van der Waals surface area contributed by atoms with Crippen molar-refractivity contribution in [3.8, 4) is 0 Å². The van der Waals surface area contributed by atoms with Crippen LogP contribution in [0.15, 0.2) is 35.1 Å². The second-order valence-electron chi connectivity index (χ2n) is 17.9. The summed E-state index contributed by atoms with van der Waals surface area (Å²) in [5.74, 6) is -8.53. The van der Waals surface area contributed by atoms with Crippen LogP contribution in [0.1, 0.15) is 120 Å². The number of carbonyl (C=O) groups is 4. The van der Waals surface area contributed by atoms with Crippen LogP contribution >= 0.6 is 0 Å². The molecule has 15 unspecified atom stereocenters. The Balaban J connectivity index is 1.76. The molecule has 1 saturated carbocycles. The van der Waals surface area contributed by atoms with Gasteiger partial charge in [0.2, 0.25) is 5.79 Å². The fourth-order valence-electron chi connectivity index (χ4n) is 9.49. The second kappa shape index (κ2) is 21.9. The summed E-state index contributed by atoms with van der Waals surface area (Å²) in [5, 5.41) is 34.7. The van der Waals surface area contributed by atoms with Crippen LogP contribution in [0.4, 0.5) is 4.39 Å². The van der Waals surface area contributed by atoms with Gasteiger partial charge < -0.3 is 43.9 Å². The largest absolute Gasteiger partial charge is 0.493 e. The highest BCUT2D eigenvalue weighted by molar-refractivity contribution is 6.39. The molecule has 2 saturated heterocycles. The second-order valence-corrected chi connectivity index (χ2v) is 17.9. The number of methoxy groups -OCH3 is 2. The molecule has 3 aliphatic heterocycles. The van der Waals surface area contributed by atoms with Crippen LogP contribution in [0.25, 0.3) is 0 Å². The summed E-state index contributed by atoms with van der Waals surface area (Å²) in [6.45, 7) is 13.9. The van der Waals surface area contributed by atoms with Crippen LogP contribution in [-0.2, 0) is 42.9 Å². The lowest BCUT2D eigenvalue weighted by atomic mass is 9.81. The van der Waals surface area contributed by atoms with Gasteiger partial charge in [-0.15, -0.1) is 0 Å². The minimum absolute atomic E-state index is 0.0435. The van der Waals surface area contributed by atoms with E-state index < -0.39 is 96.0 Å². The zero-order valence-corrected chi connectivity index (χ0v) is 37.4. The van der Waals surface area contributed by atoms with Crippen molar-refractivity contribution in [2.75, 3.05) is 20.8 Å². The van der Waals surface area contributed by atoms with Crippen LogP contribution in [-0.4, -0.2) is 125 Å². The molecule has 0 aromatic carbocycles. The van der Waals surface area contributed by atoms with Gasteiger partial charge in [0, 0.05) is 44.9 Å². The van der Waals surface area contributed by atoms with Crippen molar-refractivity contribution < 1.29 is 62.6 Å². The SMILES string of the molecule is CC=C(C)OC1CCC(C=C(C)C2OC(=O)C3CCCCN3C(=O)C(=O)C3(O)OC(C(OC)CC(C)C(F)/C(C)=C/C(CC)C(=O)CC(O)C2C)C(OC)CC3C)CC1O. The van der Waals surface area contributed by atoms with E-state index in [9.17, 15) is 34.5 Å². The first-order valence-corrected chi connectivity index (χ1v) is 22.0. The molecule has 15 atom stereocenters. The number of hydrogen-bond acceptors (Lipinski definition) is 12. The summed E-state index contributed by atoms with van der Waals surface area (Å²) >= 11 is 0. The van der Waals surface area contributed by atoms with Gasteiger partial charge in [-0.3, -0.25) is 14.4 Å². The lowest BCUT2D eigenvalue weighted by molar-refractivity contribution is -0.302. The molecule has 4 rings (SSSR count). The van der Waals surface area contributed by atoms with E-state index in [-0.39, 0.29) is 50.0 Å². The third-order valence-electron chi connectivity index (χ3n) is 13.5. The number of Topliss-reactive ketones (excluding diaryl/α,β-unsaturated/α-hetero) is 2. The highest BCUT2D eigenvalue weighted by atomic mass is 19.1. The Kier molecular flexibility index (Phi) is 18.1. The summed E-state index contributed by atoms with van der Waals surface area (Å²) < 4.78 is 46.1. The maximum atomic E-state index is 16.2. The molecule has 0 spiro atoms. The summed E-state index contributed by atoms with van der Waals surface area (Å²) in [6.07, 6.45) is 0.971. The third-order valence-corrected chi connectivity index (χ3v) is 13.5. The van der Waals surface area contributed by atoms with Gasteiger partial charge in [-0.25, -0.2) is 9.18 Å². The molecule has 4 aliphatic rings. The van der Waals surface area contributed by atoms with E-state index in [0.717, 1.165) is 10.7 Å². The molecule has 14 heteroatoms. The van der Waals surface area contributed by atoms with Gasteiger partial charge in [0.25, 0.3) is 11.7 Å². The highest BCUT2D eigenvalue weighted by Gasteiger charge is 2.57.